The highest BCUT2D eigenvalue weighted by atomic mass is 19.4. The Kier molecular flexibility index (Phi) is 14.8. The van der Waals surface area contributed by atoms with Gasteiger partial charge in [0.2, 0.25) is 0 Å². The summed E-state index contributed by atoms with van der Waals surface area (Å²) in [5.74, 6) is -7.54. The Morgan fingerprint density at radius 3 is 1.87 bits per heavy atom. The lowest BCUT2D eigenvalue weighted by molar-refractivity contribution is -0.262. The van der Waals surface area contributed by atoms with E-state index < -0.39 is 54.3 Å². The molecule has 45 heavy (non-hydrogen) atoms. The normalized spacial score (nSPS) is 12.5. The molecule has 0 amide bonds. The van der Waals surface area contributed by atoms with Gasteiger partial charge >= 0.3 is 24.6 Å². The topological polar surface area (TPSA) is 47.6 Å². The van der Waals surface area contributed by atoms with Gasteiger partial charge in [0.25, 0.3) is 0 Å². The molecule has 1 atom stereocenters. The second kappa shape index (κ2) is 17.0. The minimum atomic E-state index is -5.76. The van der Waals surface area contributed by atoms with Gasteiger partial charge in [0.15, 0.2) is 17.9 Å². The number of alkyl halides is 9. The molecule has 0 bridgehead atoms. The molecule has 3 aromatic rings. The van der Waals surface area contributed by atoms with Gasteiger partial charge in [-0.25, -0.2) is 8.78 Å². The lowest BCUT2D eigenvalue weighted by Crippen LogP contribution is -2.37. The number of halogens is 11. The molecule has 250 valence electrons. The van der Waals surface area contributed by atoms with Crippen molar-refractivity contribution in [3.63, 3.8) is 0 Å². The van der Waals surface area contributed by atoms with Crippen LogP contribution >= 0.6 is 0 Å². The molecular weight excluding hydrogens is 631 g/mol. The van der Waals surface area contributed by atoms with E-state index >= 15 is 0 Å². The highest BCUT2D eigenvalue weighted by Crippen LogP contribution is 2.34. The van der Waals surface area contributed by atoms with Crippen molar-refractivity contribution in [2.24, 2.45) is 0 Å². The zero-order valence-corrected chi connectivity index (χ0v) is 24.2. The smallest absolute Gasteiger partial charge is 0.461 e. The molecule has 4 nitrogen and oxygen atoms in total. The first kappa shape index (κ1) is 39.1. The second-order valence-electron chi connectivity index (χ2n) is 9.43. The van der Waals surface area contributed by atoms with E-state index in [4.69, 9.17) is 9.53 Å². The van der Waals surface area contributed by atoms with Gasteiger partial charge in [0.05, 0.1) is 12.1 Å². The first-order valence-corrected chi connectivity index (χ1v) is 13.0. The van der Waals surface area contributed by atoms with Gasteiger partial charge in [-0.2, -0.15) is 39.5 Å². The van der Waals surface area contributed by atoms with Crippen molar-refractivity contribution in [1.29, 1.82) is 0 Å². The molecule has 0 fully saturated rings. The maximum absolute atomic E-state index is 14.0. The minimum absolute atomic E-state index is 0.0301. The van der Waals surface area contributed by atoms with E-state index in [2.05, 4.69) is 29.1 Å². The van der Waals surface area contributed by atoms with Crippen molar-refractivity contribution in [2.45, 2.75) is 64.5 Å². The molecule has 1 N–H and O–H groups in total. The van der Waals surface area contributed by atoms with E-state index in [1.807, 2.05) is 18.2 Å². The number of rotatable bonds is 10. The van der Waals surface area contributed by atoms with Crippen molar-refractivity contribution in [1.82, 2.24) is 5.32 Å². The van der Waals surface area contributed by atoms with Crippen LogP contribution in [0.15, 0.2) is 66.7 Å². The lowest BCUT2D eigenvalue weighted by Gasteiger charge is -2.22. The van der Waals surface area contributed by atoms with E-state index in [1.165, 1.54) is 23.8 Å². The summed E-state index contributed by atoms with van der Waals surface area (Å²) in [6.45, 7) is 7.66. The third-order valence-electron chi connectivity index (χ3n) is 5.26. The Hall–Kier alpha value is -3.88. The van der Waals surface area contributed by atoms with Crippen LogP contribution in [-0.2, 0) is 4.79 Å². The van der Waals surface area contributed by atoms with Crippen LogP contribution in [0, 0.1) is 18.6 Å². The second-order valence-corrected chi connectivity index (χ2v) is 9.43. The predicted molar refractivity (Wildman–Crippen MR) is 144 cm³/mol. The van der Waals surface area contributed by atoms with Crippen molar-refractivity contribution < 1.29 is 62.6 Å². The molecule has 0 saturated heterocycles. The largest absolute Gasteiger partial charge is 0.488 e. The first-order valence-electron chi connectivity index (χ1n) is 13.0. The predicted octanol–water partition coefficient (Wildman–Crippen LogP) is 9.07. The lowest BCUT2D eigenvalue weighted by atomic mass is 9.97. The van der Waals surface area contributed by atoms with E-state index in [9.17, 15) is 48.3 Å². The fraction of sp³-hybridized carbons (Fsp3) is 0.367. The van der Waals surface area contributed by atoms with Gasteiger partial charge in [-0.1, -0.05) is 48.9 Å². The first-order chi connectivity index (χ1) is 20.7. The Bertz CT molecular complexity index is 1330. The maximum Gasteiger partial charge on any atom is 0.461 e. The highest BCUT2D eigenvalue weighted by molar-refractivity contribution is 5.60. The van der Waals surface area contributed by atoms with Crippen molar-refractivity contribution >= 4 is 6.29 Å². The van der Waals surface area contributed by atoms with Gasteiger partial charge in [-0.3, -0.25) is 4.79 Å². The van der Waals surface area contributed by atoms with Gasteiger partial charge in [0, 0.05) is 6.07 Å². The summed E-state index contributed by atoms with van der Waals surface area (Å²) in [5, 5.41) is 3.02. The van der Waals surface area contributed by atoms with Crippen LogP contribution in [-0.4, -0.2) is 43.6 Å². The zero-order chi connectivity index (χ0) is 34.6. The molecule has 15 heteroatoms. The third-order valence-corrected chi connectivity index (χ3v) is 5.26. The molecule has 0 aliphatic heterocycles. The maximum atomic E-state index is 14.0. The van der Waals surface area contributed by atoms with E-state index in [1.54, 1.807) is 20.8 Å². The molecule has 3 aromatic carbocycles. The summed E-state index contributed by atoms with van der Waals surface area (Å²) in [4.78, 5) is 9.00. The van der Waals surface area contributed by atoms with Crippen molar-refractivity contribution in [3.8, 4) is 11.5 Å². The molecule has 0 heterocycles. The number of aryl methyl sites for hydroxylation is 1. The van der Waals surface area contributed by atoms with E-state index in [0.29, 0.717) is 18.2 Å². The van der Waals surface area contributed by atoms with Crippen LogP contribution in [0.1, 0.15) is 43.5 Å². The molecule has 0 spiro atoms. The third kappa shape index (κ3) is 12.9. The summed E-state index contributed by atoms with van der Waals surface area (Å²) in [5.41, 5.74) is 1.91. The summed E-state index contributed by atoms with van der Waals surface area (Å²) in [6.07, 6.45) is -16.3. The molecule has 0 saturated carbocycles. The van der Waals surface area contributed by atoms with Crippen molar-refractivity contribution in [3.05, 3.63) is 95.1 Å². The number of aldehydes is 1. The quantitative estimate of drug-likeness (QED) is 0.174. The standard InChI is InChI=1S/C20H21F6NO2.C7H8.C3HF5O/c1-4-27-18(12-5-6-16(22)17(9-12)28-11(2)3)13-7-14(21)10-15(8-13)29-20(25,26)19(23)24;1-7-5-3-2-4-6-7;4-2(5,1-9)3(6,7)8/h5-11,18-19,27H,4H2,1-3H3;2-6H,1H3;1H/t18-;;/m1../s1. The molecular formula is C30H30F11NO3. The number of hydrogen-bond donors (Lipinski definition) is 1. The van der Waals surface area contributed by atoms with Gasteiger partial charge in [-0.15, -0.1) is 0 Å². The van der Waals surface area contributed by atoms with Gasteiger partial charge in [-0.05, 0) is 62.7 Å². The Morgan fingerprint density at radius 2 is 1.44 bits per heavy atom. The van der Waals surface area contributed by atoms with E-state index in [-0.39, 0.29) is 17.4 Å². The van der Waals surface area contributed by atoms with Gasteiger partial charge in [0.1, 0.15) is 11.6 Å². The Balaban J connectivity index is 0.000000513. The fourth-order valence-electron chi connectivity index (χ4n) is 3.29. The highest BCUT2D eigenvalue weighted by Gasteiger charge is 2.57. The molecule has 0 unspecified atom stereocenters. The summed E-state index contributed by atoms with van der Waals surface area (Å²) in [6, 6.07) is 16.2. The minimum Gasteiger partial charge on any atom is -0.488 e. The fourth-order valence-corrected chi connectivity index (χ4v) is 3.29. The Morgan fingerprint density at radius 1 is 0.844 bits per heavy atom. The zero-order valence-electron chi connectivity index (χ0n) is 24.2. The average Bonchev–Trinajstić information content (AvgIpc) is 2.92. The molecule has 0 aromatic heterocycles. The average molecular weight is 662 g/mol. The van der Waals surface area contributed by atoms with Crippen LogP contribution in [0.4, 0.5) is 48.3 Å². The Labute approximate surface area is 252 Å². The monoisotopic (exact) mass is 661 g/mol. The SMILES string of the molecule is CCN[C@@H](c1cc(F)cc(OC(F)(F)C(F)F)c1)c1ccc(F)c(OC(C)C)c1.Cc1ccccc1.O=CC(F)(F)C(F)(F)F. The number of carbonyl (C=O) groups is 1. The number of carbonyl (C=O) groups excluding carboxylic acids is 1. The molecule has 3 rings (SSSR count). The summed E-state index contributed by atoms with van der Waals surface area (Å²) < 4.78 is 144. The van der Waals surface area contributed by atoms with Crippen LogP contribution in [0.5, 0.6) is 11.5 Å². The van der Waals surface area contributed by atoms with Crippen LogP contribution in [0.25, 0.3) is 0 Å². The summed E-state index contributed by atoms with van der Waals surface area (Å²) in [7, 11) is 0. The number of ether oxygens (including phenoxy) is 2. The van der Waals surface area contributed by atoms with Crippen molar-refractivity contribution in [2.75, 3.05) is 6.54 Å². The molecule has 0 radical (unpaired) electrons. The molecule has 0 aliphatic carbocycles. The molecule has 0 aliphatic rings. The summed E-state index contributed by atoms with van der Waals surface area (Å²) >= 11 is 0. The van der Waals surface area contributed by atoms with Crippen LogP contribution in [0.3, 0.4) is 0 Å². The van der Waals surface area contributed by atoms with Crippen LogP contribution in [0.2, 0.25) is 0 Å². The van der Waals surface area contributed by atoms with Crippen LogP contribution < -0.4 is 14.8 Å². The number of nitrogens with one attached hydrogen (secondary N) is 1. The number of benzene rings is 3. The van der Waals surface area contributed by atoms with E-state index in [0.717, 1.165) is 12.1 Å². The number of hydrogen-bond acceptors (Lipinski definition) is 4. The van der Waals surface area contributed by atoms with Gasteiger partial charge < -0.3 is 14.8 Å².